The number of halogens is 1. The number of hydrogen-bond acceptors (Lipinski definition) is 3. The summed E-state index contributed by atoms with van der Waals surface area (Å²) in [6.07, 6.45) is 3.06. The van der Waals surface area contributed by atoms with Gasteiger partial charge in [-0.1, -0.05) is 31.5 Å². The van der Waals surface area contributed by atoms with E-state index in [1.54, 1.807) is 7.11 Å². The summed E-state index contributed by atoms with van der Waals surface area (Å²) in [5.41, 5.74) is 7.88. The van der Waals surface area contributed by atoms with Crippen molar-refractivity contribution in [1.82, 2.24) is 0 Å². The van der Waals surface area contributed by atoms with Gasteiger partial charge in [0.2, 0.25) is 0 Å². The maximum Gasteiger partial charge on any atom is 0.0642 e. The lowest BCUT2D eigenvalue weighted by atomic mass is 10.1. The Bertz CT molecular complexity index is 394. The minimum atomic E-state index is 0.489. The summed E-state index contributed by atoms with van der Waals surface area (Å²) in [6.45, 7) is 6.64. The number of hydrogen-bond donors (Lipinski definition) is 1. The normalized spacial score (nSPS) is 11.1. The number of methoxy groups -OCH3 is 1. The van der Waals surface area contributed by atoms with Crippen LogP contribution in [-0.4, -0.2) is 32.8 Å². The summed E-state index contributed by atoms with van der Waals surface area (Å²) >= 11 is 6.47. The van der Waals surface area contributed by atoms with Crippen LogP contribution in [0, 0.1) is 0 Å². The van der Waals surface area contributed by atoms with E-state index in [0.717, 1.165) is 36.5 Å². The van der Waals surface area contributed by atoms with E-state index in [1.165, 1.54) is 5.56 Å². The van der Waals surface area contributed by atoms with E-state index in [9.17, 15) is 0 Å². The van der Waals surface area contributed by atoms with Crippen LogP contribution in [0.1, 0.15) is 32.3 Å². The molecule has 0 amide bonds. The van der Waals surface area contributed by atoms with Gasteiger partial charge in [-0.15, -0.1) is 0 Å². The topological polar surface area (TPSA) is 38.5 Å². The van der Waals surface area contributed by atoms with Crippen molar-refractivity contribution >= 4 is 17.3 Å². The molecule has 3 nitrogen and oxygen atoms in total. The maximum absolute atomic E-state index is 6.47. The van der Waals surface area contributed by atoms with Crippen molar-refractivity contribution in [3.05, 3.63) is 28.8 Å². The van der Waals surface area contributed by atoms with Crippen molar-refractivity contribution < 1.29 is 4.74 Å². The third-order valence-electron chi connectivity index (χ3n) is 3.67. The number of nitrogens with zero attached hydrogens (tertiary/aromatic N) is 1. The molecule has 114 valence electrons. The van der Waals surface area contributed by atoms with Gasteiger partial charge in [-0.25, -0.2) is 0 Å². The van der Waals surface area contributed by atoms with E-state index in [2.05, 4.69) is 30.9 Å². The molecule has 0 aliphatic heterocycles. The zero-order chi connectivity index (χ0) is 15.0. The first-order valence-electron chi connectivity index (χ1n) is 7.41. The zero-order valence-electron chi connectivity index (χ0n) is 12.9. The van der Waals surface area contributed by atoms with Gasteiger partial charge in [0.25, 0.3) is 0 Å². The minimum Gasteiger partial charge on any atom is -0.383 e. The fourth-order valence-electron chi connectivity index (χ4n) is 2.52. The van der Waals surface area contributed by atoms with Crippen LogP contribution in [-0.2, 0) is 11.2 Å². The third-order valence-corrected chi connectivity index (χ3v) is 3.98. The summed E-state index contributed by atoms with van der Waals surface area (Å²) in [6, 6.07) is 6.76. The number of benzene rings is 1. The molecule has 0 heterocycles. The predicted octanol–water partition coefficient (Wildman–Crippen LogP) is 3.48. The molecule has 0 saturated heterocycles. The highest BCUT2D eigenvalue weighted by Gasteiger charge is 2.18. The molecule has 4 heteroatoms. The van der Waals surface area contributed by atoms with Gasteiger partial charge in [-0.05, 0) is 43.5 Å². The van der Waals surface area contributed by atoms with E-state index in [4.69, 9.17) is 22.1 Å². The molecule has 0 bridgehead atoms. The van der Waals surface area contributed by atoms with Gasteiger partial charge in [0.1, 0.15) is 0 Å². The van der Waals surface area contributed by atoms with Crippen molar-refractivity contribution in [3.63, 3.8) is 0 Å². The molecule has 0 unspecified atom stereocenters. The maximum atomic E-state index is 6.47. The quantitative estimate of drug-likeness (QED) is 0.758. The second-order valence-corrected chi connectivity index (χ2v) is 5.39. The number of anilines is 1. The van der Waals surface area contributed by atoms with E-state index >= 15 is 0 Å². The fraction of sp³-hybridized carbons (Fsp3) is 0.625. The molecule has 1 aromatic carbocycles. The Labute approximate surface area is 128 Å². The van der Waals surface area contributed by atoms with Gasteiger partial charge in [0, 0.05) is 19.7 Å². The largest absolute Gasteiger partial charge is 0.383 e. The lowest BCUT2D eigenvalue weighted by Gasteiger charge is -2.33. The molecule has 0 atom stereocenters. The van der Waals surface area contributed by atoms with Crippen LogP contribution in [0.25, 0.3) is 0 Å². The summed E-state index contributed by atoms with van der Waals surface area (Å²) in [4.78, 5) is 2.36. The van der Waals surface area contributed by atoms with Crippen molar-refractivity contribution in [2.24, 2.45) is 5.73 Å². The standard InChI is InChI=1S/C16H27ClN2O/c1-4-14(5-2)19(10-11-20-3)16-7-6-13(8-9-18)12-15(16)17/h6-7,12,14H,4-5,8-11,18H2,1-3H3. The molecule has 0 fully saturated rings. The molecule has 20 heavy (non-hydrogen) atoms. The molecule has 0 aliphatic carbocycles. The summed E-state index contributed by atoms with van der Waals surface area (Å²) in [7, 11) is 1.73. The average Bonchev–Trinajstić information content (AvgIpc) is 2.45. The highest BCUT2D eigenvalue weighted by Crippen LogP contribution is 2.30. The Morgan fingerprint density at radius 1 is 1.30 bits per heavy atom. The van der Waals surface area contributed by atoms with Crippen LogP contribution < -0.4 is 10.6 Å². The summed E-state index contributed by atoms with van der Waals surface area (Å²) in [5, 5.41) is 0.805. The highest BCUT2D eigenvalue weighted by molar-refractivity contribution is 6.33. The minimum absolute atomic E-state index is 0.489. The lowest BCUT2D eigenvalue weighted by molar-refractivity contribution is 0.202. The van der Waals surface area contributed by atoms with E-state index in [-0.39, 0.29) is 0 Å². The van der Waals surface area contributed by atoms with Gasteiger partial charge >= 0.3 is 0 Å². The molecule has 0 radical (unpaired) electrons. The van der Waals surface area contributed by atoms with Gasteiger partial charge in [-0.3, -0.25) is 0 Å². The van der Waals surface area contributed by atoms with Gasteiger partial charge in [-0.2, -0.15) is 0 Å². The molecular weight excluding hydrogens is 272 g/mol. The Hall–Kier alpha value is -0.770. The van der Waals surface area contributed by atoms with Gasteiger partial charge < -0.3 is 15.4 Å². The van der Waals surface area contributed by atoms with Crippen molar-refractivity contribution in [2.45, 2.75) is 39.2 Å². The van der Waals surface area contributed by atoms with Crippen LogP contribution >= 0.6 is 11.6 Å². The molecular formula is C16H27ClN2O. The Morgan fingerprint density at radius 2 is 2.00 bits per heavy atom. The first kappa shape index (κ1) is 17.3. The smallest absolute Gasteiger partial charge is 0.0642 e. The second kappa shape index (κ2) is 9.22. The van der Waals surface area contributed by atoms with Crippen LogP contribution in [0.3, 0.4) is 0 Å². The lowest BCUT2D eigenvalue weighted by Crippen LogP contribution is -2.37. The van der Waals surface area contributed by atoms with Crippen LogP contribution in [0.15, 0.2) is 18.2 Å². The van der Waals surface area contributed by atoms with Crippen LogP contribution in [0.2, 0.25) is 5.02 Å². The van der Waals surface area contributed by atoms with E-state index < -0.39 is 0 Å². The van der Waals surface area contributed by atoms with Crippen molar-refractivity contribution in [2.75, 3.05) is 31.7 Å². The first-order valence-corrected chi connectivity index (χ1v) is 7.79. The number of ether oxygens (including phenoxy) is 1. The molecule has 0 aliphatic rings. The predicted molar refractivity (Wildman–Crippen MR) is 87.8 cm³/mol. The summed E-state index contributed by atoms with van der Waals surface area (Å²) in [5.74, 6) is 0. The highest BCUT2D eigenvalue weighted by atomic mass is 35.5. The molecule has 2 N–H and O–H groups in total. The number of nitrogens with two attached hydrogens (primary N) is 1. The molecule has 0 saturated carbocycles. The zero-order valence-corrected chi connectivity index (χ0v) is 13.6. The van der Waals surface area contributed by atoms with Crippen LogP contribution in [0.4, 0.5) is 5.69 Å². The van der Waals surface area contributed by atoms with E-state index in [1.807, 2.05) is 6.07 Å². The first-order chi connectivity index (χ1) is 9.67. The fourth-order valence-corrected chi connectivity index (χ4v) is 2.84. The Kier molecular flexibility index (Phi) is 7.97. The molecule has 0 spiro atoms. The summed E-state index contributed by atoms with van der Waals surface area (Å²) < 4.78 is 5.23. The second-order valence-electron chi connectivity index (χ2n) is 4.98. The van der Waals surface area contributed by atoms with Crippen LogP contribution in [0.5, 0.6) is 0 Å². The Morgan fingerprint density at radius 3 is 2.50 bits per heavy atom. The van der Waals surface area contributed by atoms with E-state index in [0.29, 0.717) is 19.2 Å². The third kappa shape index (κ3) is 4.65. The van der Waals surface area contributed by atoms with Crippen molar-refractivity contribution in [3.8, 4) is 0 Å². The molecule has 1 aromatic rings. The SMILES string of the molecule is CCC(CC)N(CCOC)c1ccc(CCN)cc1Cl. The Balaban J connectivity index is 2.99. The average molecular weight is 299 g/mol. The molecule has 1 rings (SSSR count). The molecule has 0 aromatic heterocycles. The monoisotopic (exact) mass is 298 g/mol. The van der Waals surface area contributed by atoms with Gasteiger partial charge in [0.05, 0.1) is 17.3 Å². The van der Waals surface area contributed by atoms with Crippen molar-refractivity contribution in [1.29, 1.82) is 0 Å². The van der Waals surface area contributed by atoms with Gasteiger partial charge in [0.15, 0.2) is 0 Å². The number of rotatable bonds is 9.